The van der Waals surface area contributed by atoms with Crippen molar-refractivity contribution in [3.8, 4) is 11.1 Å². The number of anilines is 1. The second-order valence-corrected chi connectivity index (χ2v) is 5.94. The topological polar surface area (TPSA) is 78.0 Å². The van der Waals surface area contributed by atoms with Gasteiger partial charge in [-0.15, -0.1) is 0 Å². The molecule has 0 fully saturated rings. The predicted octanol–water partition coefficient (Wildman–Crippen LogP) is 1.21. The van der Waals surface area contributed by atoms with Gasteiger partial charge < -0.3 is 5.73 Å². The summed E-state index contributed by atoms with van der Waals surface area (Å²) in [7, 11) is -1.99. The molecule has 0 spiro atoms. The van der Waals surface area contributed by atoms with Crippen LogP contribution in [0.2, 0.25) is 0 Å². The van der Waals surface area contributed by atoms with Crippen molar-refractivity contribution >= 4 is 15.7 Å². The average Bonchev–Trinajstić information content (AvgIpc) is 2.59. The molecule has 2 aromatic rings. The zero-order chi connectivity index (χ0) is 13.5. The number of aromatic nitrogens is 2. The van der Waals surface area contributed by atoms with E-state index < -0.39 is 15.7 Å². The van der Waals surface area contributed by atoms with Crippen LogP contribution in [0.1, 0.15) is 0 Å². The Morgan fingerprint density at radius 2 is 2.00 bits per heavy atom. The fourth-order valence-corrected chi connectivity index (χ4v) is 2.42. The highest BCUT2D eigenvalue weighted by atomic mass is 32.2. The number of benzene rings is 1. The van der Waals surface area contributed by atoms with E-state index in [2.05, 4.69) is 5.10 Å². The molecule has 2 rings (SSSR count). The maximum Gasteiger partial charge on any atom is 0.178 e. The molecular formula is C11H12FN3O2S. The van der Waals surface area contributed by atoms with Crippen LogP contribution < -0.4 is 5.73 Å². The molecule has 0 atom stereocenters. The molecule has 2 N–H and O–H groups in total. The maximum absolute atomic E-state index is 14.2. The minimum Gasteiger partial charge on any atom is -0.383 e. The lowest BCUT2D eigenvalue weighted by molar-refractivity contribution is 0.572. The third-order valence-corrected chi connectivity index (χ3v) is 3.75. The molecule has 18 heavy (non-hydrogen) atoms. The van der Waals surface area contributed by atoms with Crippen molar-refractivity contribution < 1.29 is 12.8 Å². The molecule has 96 valence electrons. The van der Waals surface area contributed by atoms with E-state index in [4.69, 9.17) is 5.73 Å². The lowest BCUT2D eigenvalue weighted by Crippen LogP contribution is -2.03. The van der Waals surface area contributed by atoms with Crippen molar-refractivity contribution in [3.05, 3.63) is 30.2 Å². The van der Waals surface area contributed by atoms with Gasteiger partial charge in [-0.05, 0) is 6.07 Å². The van der Waals surface area contributed by atoms with Crippen molar-refractivity contribution in [2.45, 2.75) is 4.90 Å². The first kappa shape index (κ1) is 12.6. The molecule has 0 radical (unpaired) electrons. The van der Waals surface area contributed by atoms with Gasteiger partial charge in [0.05, 0.1) is 6.20 Å². The maximum atomic E-state index is 14.2. The van der Waals surface area contributed by atoms with Crippen LogP contribution >= 0.6 is 0 Å². The van der Waals surface area contributed by atoms with Crippen molar-refractivity contribution in [2.75, 3.05) is 12.0 Å². The first-order valence-corrected chi connectivity index (χ1v) is 6.98. The van der Waals surface area contributed by atoms with E-state index >= 15 is 0 Å². The van der Waals surface area contributed by atoms with Crippen LogP contribution in [-0.4, -0.2) is 24.5 Å². The molecule has 1 aromatic carbocycles. The molecule has 0 saturated carbocycles. The van der Waals surface area contributed by atoms with Crippen LogP contribution in [0.4, 0.5) is 10.2 Å². The molecule has 0 bridgehead atoms. The SMILES string of the molecule is Cn1ncc(-c2cccc(S(C)(=O)=O)c2F)c1N. The van der Waals surface area contributed by atoms with Crippen molar-refractivity contribution in [2.24, 2.45) is 7.05 Å². The van der Waals surface area contributed by atoms with Crippen LogP contribution in [0.15, 0.2) is 29.3 Å². The first-order chi connectivity index (χ1) is 8.32. The molecule has 0 amide bonds. The molecule has 1 aromatic heterocycles. The zero-order valence-electron chi connectivity index (χ0n) is 9.88. The third-order valence-electron chi connectivity index (χ3n) is 2.64. The monoisotopic (exact) mass is 269 g/mol. The molecule has 5 nitrogen and oxygen atoms in total. The second-order valence-electron chi connectivity index (χ2n) is 3.96. The Kier molecular flexibility index (Phi) is 2.86. The summed E-state index contributed by atoms with van der Waals surface area (Å²) in [5.74, 6) is -0.528. The molecule has 0 aliphatic rings. The van der Waals surface area contributed by atoms with E-state index in [1.165, 1.54) is 29.1 Å². The lowest BCUT2D eigenvalue weighted by atomic mass is 10.1. The number of nitrogens with zero attached hydrogens (tertiary/aromatic N) is 2. The normalized spacial score (nSPS) is 11.7. The lowest BCUT2D eigenvalue weighted by Gasteiger charge is -2.06. The molecule has 0 aliphatic carbocycles. The summed E-state index contributed by atoms with van der Waals surface area (Å²) in [5, 5.41) is 3.90. The molecule has 0 unspecified atom stereocenters. The van der Waals surface area contributed by atoms with Gasteiger partial charge in [-0.2, -0.15) is 5.10 Å². The zero-order valence-corrected chi connectivity index (χ0v) is 10.7. The summed E-state index contributed by atoms with van der Waals surface area (Å²) >= 11 is 0. The van der Waals surface area contributed by atoms with Gasteiger partial charge in [-0.1, -0.05) is 12.1 Å². The van der Waals surface area contributed by atoms with E-state index in [-0.39, 0.29) is 16.3 Å². The van der Waals surface area contributed by atoms with Gasteiger partial charge in [-0.25, -0.2) is 12.8 Å². The summed E-state index contributed by atoms with van der Waals surface area (Å²) in [6, 6.07) is 4.17. The fourth-order valence-electron chi connectivity index (χ4n) is 1.66. The Bertz CT molecular complexity index is 707. The quantitative estimate of drug-likeness (QED) is 0.889. The summed E-state index contributed by atoms with van der Waals surface area (Å²) in [6.07, 6.45) is 2.36. The van der Waals surface area contributed by atoms with Gasteiger partial charge in [0.1, 0.15) is 16.5 Å². The number of nitrogens with two attached hydrogens (primary N) is 1. The molecule has 1 heterocycles. The van der Waals surface area contributed by atoms with E-state index in [1.807, 2.05) is 0 Å². The largest absolute Gasteiger partial charge is 0.383 e. The summed E-state index contributed by atoms with van der Waals surface area (Å²) < 4.78 is 38.4. The number of aryl methyl sites for hydroxylation is 1. The Morgan fingerprint density at radius 3 is 2.50 bits per heavy atom. The first-order valence-electron chi connectivity index (χ1n) is 5.09. The van der Waals surface area contributed by atoms with Gasteiger partial charge in [0.15, 0.2) is 9.84 Å². The number of nitrogen functional groups attached to an aromatic ring is 1. The highest BCUT2D eigenvalue weighted by molar-refractivity contribution is 7.90. The highest BCUT2D eigenvalue weighted by Crippen LogP contribution is 2.30. The van der Waals surface area contributed by atoms with Crippen LogP contribution in [0.5, 0.6) is 0 Å². The van der Waals surface area contributed by atoms with Crippen molar-refractivity contribution in [1.82, 2.24) is 9.78 Å². The Labute approximate surface area is 104 Å². The van der Waals surface area contributed by atoms with E-state index in [9.17, 15) is 12.8 Å². The van der Waals surface area contributed by atoms with Crippen LogP contribution in [0.3, 0.4) is 0 Å². The average molecular weight is 269 g/mol. The second kappa shape index (κ2) is 4.09. The Balaban J connectivity index is 2.71. The third kappa shape index (κ3) is 1.97. The molecule has 0 saturated heterocycles. The number of halogens is 1. The number of sulfone groups is 1. The molecule has 0 aliphatic heterocycles. The minimum absolute atomic E-state index is 0.128. The summed E-state index contributed by atoms with van der Waals surface area (Å²) in [5.41, 5.74) is 6.25. The van der Waals surface area contributed by atoms with Crippen LogP contribution in [-0.2, 0) is 16.9 Å². The van der Waals surface area contributed by atoms with Gasteiger partial charge in [-0.3, -0.25) is 4.68 Å². The van der Waals surface area contributed by atoms with Gasteiger partial charge in [0, 0.05) is 24.4 Å². The van der Waals surface area contributed by atoms with Crippen LogP contribution in [0, 0.1) is 5.82 Å². The van der Waals surface area contributed by atoms with E-state index in [0.29, 0.717) is 5.56 Å². The van der Waals surface area contributed by atoms with Gasteiger partial charge >= 0.3 is 0 Å². The fraction of sp³-hybridized carbons (Fsp3) is 0.182. The summed E-state index contributed by atoms with van der Waals surface area (Å²) in [4.78, 5) is -0.344. The number of hydrogen-bond donors (Lipinski definition) is 1. The molecular weight excluding hydrogens is 257 g/mol. The van der Waals surface area contributed by atoms with Crippen molar-refractivity contribution in [3.63, 3.8) is 0 Å². The number of rotatable bonds is 2. The van der Waals surface area contributed by atoms with Gasteiger partial charge in [0.2, 0.25) is 0 Å². The standard InChI is InChI=1S/C11H12FN3O2S/c1-15-11(13)8(6-14-15)7-4-3-5-9(10(7)12)18(2,16)17/h3-6H,13H2,1-2H3. The highest BCUT2D eigenvalue weighted by Gasteiger charge is 2.19. The predicted molar refractivity (Wildman–Crippen MR) is 66.1 cm³/mol. The Morgan fingerprint density at radius 1 is 1.33 bits per heavy atom. The van der Waals surface area contributed by atoms with Gasteiger partial charge in [0.25, 0.3) is 0 Å². The number of hydrogen-bond acceptors (Lipinski definition) is 4. The Hall–Kier alpha value is -1.89. The summed E-state index contributed by atoms with van der Waals surface area (Å²) in [6.45, 7) is 0. The van der Waals surface area contributed by atoms with Crippen molar-refractivity contribution in [1.29, 1.82) is 0 Å². The molecule has 7 heteroatoms. The smallest absolute Gasteiger partial charge is 0.178 e. The van der Waals surface area contributed by atoms with E-state index in [0.717, 1.165) is 6.26 Å². The van der Waals surface area contributed by atoms with Crippen LogP contribution in [0.25, 0.3) is 11.1 Å². The minimum atomic E-state index is -3.61. The van der Waals surface area contributed by atoms with E-state index in [1.54, 1.807) is 7.05 Å².